The van der Waals surface area contributed by atoms with Crippen LogP contribution < -0.4 is 4.74 Å². The number of carboxylic acids is 1. The summed E-state index contributed by atoms with van der Waals surface area (Å²) < 4.78 is 6.39. The molecule has 27 heavy (non-hydrogen) atoms. The summed E-state index contributed by atoms with van der Waals surface area (Å²) in [6.07, 6.45) is 4.36. The Hall–Kier alpha value is -1.79. The Morgan fingerprint density at radius 1 is 1.07 bits per heavy atom. The zero-order valence-electron chi connectivity index (χ0n) is 14.9. The summed E-state index contributed by atoms with van der Waals surface area (Å²) in [4.78, 5) is 24.2. The van der Waals surface area contributed by atoms with E-state index in [0.29, 0.717) is 12.2 Å². The lowest BCUT2D eigenvalue weighted by Crippen LogP contribution is -2.10. The highest BCUT2D eigenvalue weighted by Crippen LogP contribution is 2.38. The Kier molecular flexibility index (Phi) is 6.96. The molecule has 0 spiro atoms. The predicted molar refractivity (Wildman–Crippen MR) is 110 cm³/mol. The molecule has 2 aromatic rings. The van der Waals surface area contributed by atoms with Gasteiger partial charge in [-0.05, 0) is 66.8 Å². The number of benzene rings is 2. The van der Waals surface area contributed by atoms with Gasteiger partial charge in [-0.25, -0.2) is 4.79 Å². The first-order valence-electron chi connectivity index (χ1n) is 8.95. The number of rotatable bonds is 9. The highest BCUT2D eigenvalue weighted by Gasteiger charge is 2.20. The van der Waals surface area contributed by atoms with Crippen molar-refractivity contribution in [1.82, 2.24) is 0 Å². The van der Waals surface area contributed by atoms with E-state index in [9.17, 15) is 9.59 Å². The maximum Gasteiger partial charge on any atom is 0.341 e. The molecule has 0 saturated carbocycles. The molecule has 0 radical (unpaired) electrons. The van der Waals surface area contributed by atoms with Gasteiger partial charge in [0.05, 0.1) is 0 Å². The summed E-state index contributed by atoms with van der Waals surface area (Å²) in [5.41, 5.74) is 3.18. The molecule has 1 aliphatic rings. The van der Waals surface area contributed by atoms with E-state index in [1.165, 1.54) is 10.5 Å². The van der Waals surface area contributed by atoms with Crippen molar-refractivity contribution < 1.29 is 19.4 Å². The molecule has 0 atom stereocenters. The number of aliphatic carboxylic acids is 1. The first kappa shape index (κ1) is 20.0. The van der Waals surface area contributed by atoms with Crippen molar-refractivity contribution in [2.24, 2.45) is 0 Å². The largest absolute Gasteiger partial charge is 0.482 e. The molecule has 142 valence electrons. The molecule has 2 aromatic carbocycles. The third-order valence-electron chi connectivity index (χ3n) is 4.52. The lowest BCUT2D eigenvalue weighted by atomic mass is 10.1. The van der Waals surface area contributed by atoms with Crippen LogP contribution in [0.1, 0.15) is 40.7 Å². The maximum atomic E-state index is 12.2. The summed E-state index contributed by atoms with van der Waals surface area (Å²) >= 11 is 5.14. The fraction of sp³-hybridized carbons (Fsp3) is 0.333. The number of hydrogen-bond donors (Lipinski definition) is 1. The van der Waals surface area contributed by atoms with E-state index in [1.807, 2.05) is 36.4 Å². The Labute approximate surface area is 171 Å². The quantitative estimate of drug-likeness (QED) is 0.326. The number of ketones is 1. The van der Waals surface area contributed by atoms with Crippen LogP contribution in [0.4, 0.5) is 0 Å². The average molecular weight is 449 g/mol. The molecule has 0 bridgehead atoms. The van der Waals surface area contributed by atoms with Crippen molar-refractivity contribution in [1.29, 1.82) is 0 Å². The highest BCUT2D eigenvalue weighted by atomic mass is 79.9. The number of hydrogen-bond acceptors (Lipinski definition) is 4. The van der Waals surface area contributed by atoms with Gasteiger partial charge in [0.1, 0.15) is 5.75 Å². The molecule has 1 N–H and O–H groups in total. The van der Waals surface area contributed by atoms with Gasteiger partial charge in [-0.2, -0.15) is 0 Å². The molecule has 0 aliphatic heterocycles. The van der Waals surface area contributed by atoms with E-state index in [1.54, 1.807) is 11.8 Å². The first-order chi connectivity index (χ1) is 13.0. The Balaban J connectivity index is 1.54. The van der Waals surface area contributed by atoms with Crippen LogP contribution in [-0.2, 0) is 17.6 Å². The molecule has 0 amide bonds. The normalized spacial score (nSPS) is 12.6. The number of carbonyl (C=O) groups is 2. The van der Waals surface area contributed by atoms with Gasteiger partial charge in [0.2, 0.25) is 0 Å². The Morgan fingerprint density at radius 2 is 1.81 bits per heavy atom. The zero-order valence-corrected chi connectivity index (χ0v) is 17.3. The van der Waals surface area contributed by atoms with Gasteiger partial charge in [-0.15, -0.1) is 11.8 Å². The molecule has 4 nitrogen and oxygen atoms in total. The fourth-order valence-electron chi connectivity index (χ4n) is 3.25. The minimum atomic E-state index is -0.962. The van der Waals surface area contributed by atoms with Crippen LogP contribution in [0.3, 0.4) is 0 Å². The van der Waals surface area contributed by atoms with Crippen molar-refractivity contribution in [3.8, 4) is 5.75 Å². The molecular formula is C21H21BrO4S. The topological polar surface area (TPSA) is 63.6 Å². The van der Waals surface area contributed by atoms with Crippen LogP contribution in [0.25, 0.3) is 0 Å². The SMILES string of the molecule is O=C(O)COc1ccc(SCCCC(=O)c2ccc(Br)cc2)c2c1CCC2. The molecular weight excluding hydrogens is 428 g/mol. The van der Waals surface area contributed by atoms with E-state index >= 15 is 0 Å². The van der Waals surface area contributed by atoms with Gasteiger partial charge in [0.25, 0.3) is 0 Å². The molecule has 0 heterocycles. The Morgan fingerprint density at radius 3 is 2.56 bits per heavy atom. The molecule has 0 unspecified atom stereocenters. The number of halogens is 1. The number of Topliss-reactive ketones (excluding diaryl/α,β-unsaturated/α-hetero) is 1. The molecule has 0 aromatic heterocycles. The van der Waals surface area contributed by atoms with Crippen molar-refractivity contribution in [3.05, 3.63) is 57.6 Å². The van der Waals surface area contributed by atoms with E-state index < -0.39 is 5.97 Å². The van der Waals surface area contributed by atoms with Crippen LogP contribution in [0, 0.1) is 0 Å². The highest BCUT2D eigenvalue weighted by molar-refractivity contribution is 9.10. The van der Waals surface area contributed by atoms with Gasteiger partial charge in [-0.1, -0.05) is 28.1 Å². The van der Waals surface area contributed by atoms with Gasteiger partial charge in [0, 0.05) is 21.4 Å². The molecule has 3 rings (SSSR count). The molecule has 6 heteroatoms. The minimum Gasteiger partial charge on any atom is -0.482 e. The van der Waals surface area contributed by atoms with Crippen LogP contribution >= 0.6 is 27.7 Å². The van der Waals surface area contributed by atoms with Gasteiger partial charge >= 0.3 is 5.97 Å². The average Bonchev–Trinajstić information content (AvgIpc) is 3.14. The lowest BCUT2D eigenvalue weighted by molar-refractivity contribution is -0.139. The van der Waals surface area contributed by atoms with Crippen LogP contribution in [-0.4, -0.2) is 29.2 Å². The summed E-state index contributed by atoms with van der Waals surface area (Å²) in [5.74, 6) is 0.783. The van der Waals surface area contributed by atoms with Crippen LogP contribution in [0.2, 0.25) is 0 Å². The van der Waals surface area contributed by atoms with Crippen molar-refractivity contribution in [2.45, 2.75) is 37.0 Å². The van der Waals surface area contributed by atoms with Crippen molar-refractivity contribution in [2.75, 3.05) is 12.4 Å². The number of carboxylic acid groups (broad SMARTS) is 1. The van der Waals surface area contributed by atoms with Gasteiger partial charge < -0.3 is 9.84 Å². The predicted octanol–water partition coefficient (Wildman–Crippen LogP) is 5.16. The van der Waals surface area contributed by atoms with E-state index in [0.717, 1.165) is 47.0 Å². The van der Waals surface area contributed by atoms with Crippen LogP contribution in [0.15, 0.2) is 45.8 Å². The number of thioether (sulfide) groups is 1. The Bertz CT molecular complexity index is 833. The monoisotopic (exact) mass is 448 g/mol. The maximum absolute atomic E-state index is 12.2. The molecule has 0 saturated heterocycles. The number of carbonyl (C=O) groups excluding carboxylic acids is 1. The number of fused-ring (bicyclic) bond motifs is 1. The summed E-state index contributed by atoms with van der Waals surface area (Å²) in [5, 5.41) is 8.80. The van der Waals surface area contributed by atoms with Gasteiger partial charge in [-0.3, -0.25) is 4.79 Å². The standard InChI is InChI=1S/C21H21BrO4S/c22-15-8-6-14(7-9-15)18(23)5-2-12-27-20-11-10-19(26-13-21(24)25)16-3-1-4-17(16)20/h6-11H,1-5,12-13H2,(H,24,25). The summed E-state index contributed by atoms with van der Waals surface area (Å²) in [7, 11) is 0. The van der Waals surface area contributed by atoms with Gasteiger partial charge in [0.15, 0.2) is 12.4 Å². The molecule has 1 aliphatic carbocycles. The lowest BCUT2D eigenvalue weighted by Gasteiger charge is -2.13. The summed E-state index contributed by atoms with van der Waals surface area (Å²) in [6.45, 7) is -0.308. The molecule has 0 fully saturated rings. The summed E-state index contributed by atoms with van der Waals surface area (Å²) in [6, 6.07) is 11.4. The van der Waals surface area contributed by atoms with E-state index in [2.05, 4.69) is 15.9 Å². The zero-order chi connectivity index (χ0) is 19.2. The second-order valence-electron chi connectivity index (χ2n) is 6.44. The third kappa shape index (κ3) is 5.36. The van der Waals surface area contributed by atoms with E-state index in [-0.39, 0.29) is 12.4 Å². The van der Waals surface area contributed by atoms with Crippen molar-refractivity contribution >= 4 is 39.4 Å². The van der Waals surface area contributed by atoms with Crippen LogP contribution in [0.5, 0.6) is 5.75 Å². The second kappa shape index (κ2) is 9.42. The fourth-order valence-corrected chi connectivity index (χ4v) is 4.58. The first-order valence-corrected chi connectivity index (χ1v) is 10.7. The minimum absolute atomic E-state index is 0.172. The third-order valence-corrected chi connectivity index (χ3v) is 6.24. The smallest absolute Gasteiger partial charge is 0.341 e. The number of ether oxygens (including phenoxy) is 1. The van der Waals surface area contributed by atoms with E-state index in [4.69, 9.17) is 9.84 Å². The van der Waals surface area contributed by atoms with Crippen molar-refractivity contribution in [3.63, 3.8) is 0 Å². The second-order valence-corrected chi connectivity index (χ2v) is 8.49.